The van der Waals surface area contributed by atoms with Crippen molar-refractivity contribution in [2.75, 3.05) is 33.2 Å². The summed E-state index contributed by atoms with van der Waals surface area (Å²) in [4.78, 5) is 9.25. The van der Waals surface area contributed by atoms with E-state index in [1.54, 1.807) is 0 Å². The zero-order chi connectivity index (χ0) is 9.26. The first-order valence-electron chi connectivity index (χ1n) is 5.28. The van der Waals surface area contributed by atoms with Gasteiger partial charge < -0.3 is 9.80 Å². The van der Waals surface area contributed by atoms with Crippen LogP contribution in [0.3, 0.4) is 0 Å². The summed E-state index contributed by atoms with van der Waals surface area (Å²) in [6, 6.07) is 0. The zero-order valence-corrected chi connectivity index (χ0v) is 8.66. The van der Waals surface area contributed by atoms with Crippen LogP contribution < -0.4 is 0 Å². The molecule has 2 rings (SSSR count). The lowest BCUT2D eigenvalue weighted by atomic mass is 10.00. The van der Waals surface area contributed by atoms with Gasteiger partial charge in [-0.3, -0.25) is 4.99 Å². The van der Waals surface area contributed by atoms with Gasteiger partial charge in [0.05, 0.1) is 6.54 Å². The van der Waals surface area contributed by atoms with Gasteiger partial charge in [-0.1, -0.05) is 6.92 Å². The van der Waals surface area contributed by atoms with Gasteiger partial charge in [0.15, 0.2) is 5.96 Å². The summed E-state index contributed by atoms with van der Waals surface area (Å²) >= 11 is 0. The van der Waals surface area contributed by atoms with E-state index < -0.39 is 0 Å². The Bertz CT molecular complexity index is 204. The second-order valence-corrected chi connectivity index (χ2v) is 4.27. The summed E-state index contributed by atoms with van der Waals surface area (Å²) in [6.45, 7) is 6.82. The standard InChI is InChI=1S/C10H19N3/c1-9-3-6-13(7-4-9)10-11-5-8-12(10)2/h9H,3-8H2,1-2H3. The van der Waals surface area contributed by atoms with Crippen LogP contribution >= 0.6 is 0 Å². The first-order chi connectivity index (χ1) is 6.27. The van der Waals surface area contributed by atoms with Crippen molar-refractivity contribution >= 4 is 5.96 Å². The fourth-order valence-corrected chi connectivity index (χ4v) is 2.07. The van der Waals surface area contributed by atoms with Crippen LogP contribution in [-0.2, 0) is 0 Å². The third kappa shape index (κ3) is 1.79. The molecule has 2 heterocycles. The Labute approximate surface area is 80.4 Å². The molecular formula is C10H19N3. The first-order valence-corrected chi connectivity index (χ1v) is 5.28. The van der Waals surface area contributed by atoms with Crippen LogP contribution in [0.25, 0.3) is 0 Å². The Morgan fingerprint density at radius 1 is 1.23 bits per heavy atom. The minimum atomic E-state index is 0.906. The minimum Gasteiger partial charge on any atom is -0.344 e. The van der Waals surface area contributed by atoms with Crippen LogP contribution in [0.2, 0.25) is 0 Å². The van der Waals surface area contributed by atoms with Crippen molar-refractivity contribution in [1.29, 1.82) is 0 Å². The number of aliphatic imine (C=N–C) groups is 1. The molecule has 2 aliphatic rings. The maximum atomic E-state index is 4.53. The minimum absolute atomic E-state index is 0.906. The third-order valence-corrected chi connectivity index (χ3v) is 3.10. The number of rotatable bonds is 0. The smallest absolute Gasteiger partial charge is 0.196 e. The van der Waals surface area contributed by atoms with Crippen molar-refractivity contribution in [2.45, 2.75) is 19.8 Å². The van der Waals surface area contributed by atoms with Gasteiger partial charge in [0.2, 0.25) is 0 Å². The van der Waals surface area contributed by atoms with Crippen molar-refractivity contribution in [1.82, 2.24) is 9.80 Å². The van der Waals surface area contributed by atoms with E-state index in [0.717, 1.165) is 19.0 Å². The monoisotopic (exact) mass is 181 g/mol. The van der Waals surface area contributed by atoms with Crippen LogP contribution in [0.15, 0.2) is 4.99 Å². The molecule has 0 aromatic heterocycles. The first kappa shape index (κ1) is 8.85. The molecule has 0 aromatic carbocycles. The summed E-state index contributed by atoms with van der Waals surface area (Å²) < 4.78 is 0. The highest BCUT2D eigenvalue weighted by atomic mass is 15.4. The van der Waals surface area contributed by atoms with E-state index in [0.29, 0.717) is 0 Å². The molecule has 1 fully saturated rings. The van der Waals surface area contributed by atoms with Crippen molar-refractivity contribution in [2.24, 2.45) is 10.9 Å². The maximum Gasteiger partial charge on any atom is 0.196 e. The van der Waals surface area contributed by atoms with Crippen LogP contribution in [0.4, 0.5) is 0 Å². The molecule has 3 nitrogen and oxygen atoms in total. The average molecular weight is 181 g/mol. The van der Waals surface area contributed by atoms with Gasteiger partial charge in [0.1, 0.15) is 0 Å². The van der Waals surface area contributed by atoms with Crippen molar-refractivity contribution in [3.05, 3.63) is 0 Å². The molecule has 0 spiro atoms. The Morgan fingerprint density at radius 2 is 1.92 bits per heavy atom. The Balaban J connectivity index is 1.94. The summed E-state index contributed by atoms with van der Waals surface area (Å²) in [5.41, 5.74) is 0. The van der Waals surface area contributed by atoms with Crippen LogP contribution in [0.1, 0.15) is 19.8 Å². The Morgan fingerprint density at radius 3 is 2.46 bits per heavy atom. The lowest BCUT2D eigenvalue weighted by Gasteiger charge is -2.34. The lowest BCUT2D eigenvalue weighted by Crippen LogP contribution is -2.44. The quantitative estimate of drug-likeness (QED) is 0.555. The van der Waals surface area contributed by atoms with Crippen molar-refractivity contribution in [3.63, 3.8) is 0 Å². The van der Waals surface area contributed by atoms with Crippen LogP contribution in [-0.4, -0.2) is 49.0 Å². The molecule has 0 N–H and O–H groups in total. The second kappa shape index (κ2) is 3.56. The normalized spacial score (nSPS) is 25.2. The van der Waals surface area contributed by atoms with E-state index in [1.807, 2.05) is 0 Å². The van der Waals surface area contributed by atoms with Crippen LogP contribution in [0, 0.1) is 5.92 Å². The molecule has 0 saturated carbocycles. The van der Waals surface area contributed by atoms with Gasteiger partial charge in [0, 0.05) is 26.7 Å². The van der Waals surface area contributed by atoms with E-state index in [-0.39, 0.29) is 0 Å². The van der Waals surface area contributed by atoms with E-state index in [4.69, 9.17) is 0 Å². The van der Waals surface area contributed by atoms with Crippen LogP contribution in [0.5, 0.6) is 0 Å². The summed E-state index contributed by atoms with van der Waals surface area (Å²) in [5.74, 6) is 2.13. The molecule has 13 heavy (non-hydrogen) atoms. The summed E-state index contributed by atoms with van der Waals surface area (Å²) in [7, 11) is 2.14. The molecule has 0 atom stereocenters. The highest BCUT2D eigenvalue weighted by molar-refractivity contribution is 5.81. The van der Waals surface area contributed by atoms with Gasteiger partial charge in [-0.05, 0) is 18.8 Å². The molecule has 74 valence electrons. The maximum absolute atomic E-state index is 4.53. The van der Waals surface area contributed by atoms with Gasteiger partial charge in [-0.15, -0.1) is 0 Å². The molecule has 3 heteroatoms. The molecule has 1 saturated heterocycles. The van der Waals surface area contributed by atoms with Gasteiger partial charge in [-0.2, -0.15) is 0 Å². The number of likely N-dealkylation sites (tertiary alicyclic amines) is 1. The molecule has 2 aliphatic heterocycles. The van der Waals surface area contributed by atoms with Gasteiger partial charge in [0.25, 0.3) is 0 Å². The predicted octanol–water partition coefficient (Wildman–Crippen LogP) is 1.02. The van der Waals surface area contributed by atoms with E-state index in [1.165, 1.54) is 31.9 Å². The number of hydrogen-bond acceptors (Lipinski definition) is 3. The van der Waals surface area contributed by atoms with E-state index in [2.05, 4.69) is 28.8 Å². The number of hydrogen-bond donors (Lipinski definition) is 0. The molecule has 0 amide bonds. The highest BCUT2D eigenvalue weighted by Crippen LogP contribution is 2.18. The third-order valence-electron chi connectivity index (χ3n) is 3.10. The average Bonchev–Trinajstić information content (AvgIpc) is 2.53. The number of nitrogens with zero attached hydrogens (tertiary/aromatic N) is 3. The van der Waals surface area contributed by atoms with E-state index >= 15 is 0 Å². The number of likely N-dealkylation sites (N-methyl/N-ethyl adjacent to an activating group) is 1. The van der Waals surface area contributed by atoms with Gasteiger partial charge >= 0.3 is 0 Å². The van der Waals surface area contributed by atoms with Gasteiger partial charge in [-0.25, -0.2) is 0 Å². The Kier molecular flexibility index (Phi) is 2.42. The SMILES string of the molecule is CC1CCN(C2=NCCN2C)CC1. The largest absolute Gasteiger partial charge is 0.344 e. The molecular weight excluding hydrogens is 162 g/mol. The fraction of sp³-hybridized carbons (Fsp3) is 0.900. The predicted molar refractivity (Wildman–Crippen MR) is 54.9 cm³/mol. The van der Waals surface area contributed by atoms with Crippen molar-refractivity contribution in [3.8, 4) is 0 Å². The summed E-state index contributed by atoms with van der Waals surface area (Å²) in [6.07, 6.45) is 2.65. The zero-order valence-electron chi connectivity index (χ0n) is 8.66. The highest BCUT2D eigenvalue weighted by Gasteiger charge is 2.23. The lowest BCUT2D eigenvalue weighted by molar-refractivity contribution is 0.259. The molecule has 0 aliphatic carbocycles. The number of guanidine groups is 1. The molecule has 0 radical (unpaired) electrons. The van der Waals surface area contributed by atoms with Crippen molar-refractivity contribution < 1.29 is 0 Å². The topological polar surface area (TPSA) is 18.8 Å². The molecule has 0 bridgehead atoms. The van der Waals surface area contributed by atoms with E-state index in [9.17, 15) is 0 Å². The molecule has 0 aromatic rings. The summed E-state index contributed by atoms with van der Waals surface area (Å²) in [5, 5.41) is 0. The number of piperidine rings is 1. The fourth-order valence-electron chi connectivity index (χ4n) is 2.07. The Hall–Kier alpha value is -0.730. The molecule has 0 unspecified atom stereocenters. The second-order valence-electron chi connectivity index (χ2n) is 4.27.